The first-order valence-corrected chi connectivity index (χ1v) is 5.33. The standard InChI is InChI=1S/C13H14N2O2/c1-17-9-10-2-4-11(5-3-10)13(16)12-8-14-6-7-15-12/h2-8,13,16H,9H2,1H3. The first-order valence-electron chi connectivity index (χ1n) is 5.33. The van der Waals surface area contributed by atoms with Crippen molar-refractivity contribution in [1.82, 2.24) is 9.97 Å². The number of aliphatic hydroxyl groups is 1. The van der Waals surface area contributed by atoms with Gasteiger partial charge < -0.3 is 9.84 Å². The van der Waals surface area contributed by atoms with E-state index >= 15 is 0 Å². The molecule has 0 amide bonds. The summed E-state index contributed by atoms with van der Waals surface area (Å²) in [6.45, 7) is 0.571. The number of benzene rings is 1. The Kier molecular flexibility index (Phi) is 3.80. The van der Waals surface area contributed by atoms with Crippen molar-refractivity contribution in [3.8, 4) is 0 Å². The maximum absolute atomic E-state index is 10.1. The Bertz CT molecular complexity index is 457. The molecule has 0 radical (unpaired) electrons. The number of aromatic nitrogens is 2. The summed E-state index contributed by atoms with van der Waals surface area (Å²) in [5, 5.41) is 10.1. The molecule has 4 nitrogen and oxygen atoms in total. The lowest BCUT2D eigenvalue weighted by Gasteiger charge is -2.10. The van der Waals surface area contributed by atoms with Gasteiger partial charge in [0, 0.05) is 19.5 Å². The summed E-state index contributed by atoms with van der Waals surface area (Å²) in [7, 11) is 1.66. The molecule has 0 saturated carbocycles. The fourth-order valence-electron chi connectivity index (χ4n) is 1.59. The van der Waals surface area contributed by atoms with Crippen LogP contribution in [-0.2, 0) is 11.3 Å². The van der Waals surface area contributed by atoms with E-state index in [4.69, 9.17) is 4.74 Å². The van der Waals surface area contributed by atoms with Gasteiger partial charge in [-0.05, 0) is 11.1 Å². The molecule has 2 aromatic rings. The first kappa shape index (κ1) is 11.7. The summed E-state index contributed by atoms with van der Waals surface area (Å²) in [4.78, 5) is 8.01. The molecule has 88 valence electrons. The van der Waals surface area contributed by atoms with E-state index in [-0.39, 0.29) is 0 Å². The highest BCUT2D eigenvalue weighted by Crippen LogP contribution is 2.19. The number of hydrogen-bond donors (Lipinski definition) is 1. The SMILES string of the molecule is COCc1ccc(C(O)c2cnccn2)cc1. The van der Waals surface area contributed by atoms with Crippen molar-refractivity contribution in [3.05, 3.63) is 59.7 Å². The van der Waals surface area contributed by atoms with Gasteiger partial charge in [0.1, 0.15) is 6.10 Å². The van der Waals surface area contributed by atoms with Crippen LogP contribution in [0.25, 0.3) is 0 Å². The number of hydrogen-bond acceptors (Lipinski definition) is 4. The predicted octanol–water partition coefficient (Wildman–Crippen LogP) is 1.70. The average Bonchev–Trinajstić information content (AvgIpc) is 2.40. The van der Waals surface area contributed by atoms with Crippen LogP contribution in [0.15, 0.2) is 42.9 Å². The van der Waals surface area contributed by atoms with E-state index in [1.807, 2.05) is 24.3 Å². The van der Waals surface area contributed by atoms with Gasteiger partial charge in [0.25, 0.3) is 0 Å². The normalized spacial score (nSPS) is 12.4. The zero-order valence-corrected chi connectivity index (χ0v) is 9.58. The maximum atomic E-state index is 10.1. The molecule has 4 heteroatoms. The largest absolute Gasteiger partial charge is 0.382 e. The quantitative estimate of drug-likeness (QED) is 0.868. The minimum atomic E-state index is -0.736. The molecular weight excluding hydrogens is 216 g/mol. The second-order valence-corrected chi connectivity index (χ2v) is 3.71. The Balaban J connectivity index is 2.17. The van der Waals surface area contributed by atoms with Gasteiger partial charge in [0.2, 0.25) is 0 Å². The lowest BCUT2D eigenvalue weighted by atomic mass is 10.1. The van der Waals surface area contributed by atoms with Gasteiger partial charge in [-0.1, -0.05) is 24.3 Å². The molecule has 0 aliphatic carbocycles. The molecule has 0 bridgehead atoms. The number of rotatable bonds is 4. The van der Waals surface area contributed by atoms with Gasteiger partial charge in [-0.15, -0.1) is 0 Å². The van der Waals surface area contributed by atoms with Crippen LogP contribution < -0.4 is 0 Å². The van der Waals surface area contributed by atoms with E-state index in [9.17, 15) is 5.11 Å². The minimum absolute atomic E-state index is 0.548. The van der Waals surface area contributed by atoms with Crippen molar-refractivity contribution < 1.29 is 9.84 Å². The van der Waals surface area contributed by atoms with Gasteiger partial charge in [-0.25, -0.2) is 0 Å². The summed E-state index contributed by atoms with van der Waals surface area (Å²) >= 11 is 0. The third-order valence-electron chi connectivity index (χ3n) is 2.47. The van der Waals surface area contributed by atoms with E-state index in [1.165, 1.54) is 0 Å². The summed E-state index contributed by atoms with van der Waals surface area (Å²) in [5.74, 6) is 0. The number of aliphatic hydroxyl groups excluding tert-OH is 1. The molecule has 1 heterocycles. The Morgan fingerprint density at radius 1 is 1.24 bits per heavy atom. The van der Waals surface area contributed by atoms with Gasteiger partial charge in [0.15, 0.2) is 0 Å². The van der Waals surface area contributed by atoms with Crippen molar-refractivity contribution >= 4 is 0 Å². The maximum Gasteiger partial charge on any atom is 0.123 e. The Hall–Kier alpha value is -1.78. The van der Waals surface area contributed by atoms with Crippen molar-refractivity contribution in [3.63, 3.8) is 0 Å². The monoisotopic (exact) mass is 230 g/mol. The van der Waals surface area contributed by atoms with E-state index in [0.29, 0.717) is 12.3 Å². The third kappa shape index (κ3) is 2.87. The van der Waals surface area contributed by atoms with Crippen LogP contribution in [0, 0.1) is 0 Å². The predicted molar refractivity (Wildman–Crippen MR) is 63.2 cm³/mol. The molecule has 2 rings (SSSR count). The molecule has 0 spiro atoms. The van der Waals surface area contributed by atoms with E-state index in [0.717, 1.165) is 11.1 Å². The fourth-order valence-corrected chi connectivity index (χ4v) is 1.59. The molecule has 17 heavy (non-hydrogen) atoms. The zero-order valence-electron chi connectivity index (χ0n) is 9.58. The number of nitrogens with zero attached hydrogens (tertiary/aromatic N) is 2. The number of methoxy groups -OCH3 is 1. The molecule has 1 unspecified atom stereocenters. The highest BCUT2D eigenvalue weighted by molar-refractivity contribution is 5.27. The highest BCUT2D eigenvalue weighted by atomic mass is 16.5. The lowest BCUT2D eigenvalue weighted by Crippen LogP contribution is -2.02. The van der Waals surface area contributed by atoms with E-state index < -0.39 is 6.10 Å². The molecule has 0 fully saturated rings. The van der Waals surface area contributed by atoms with E-state index in [1.54, 1.807) is 25.7 Å². The van der Waals surface area contributed by atoms with Crippen LogP contribution >= 0.6 is 0 Å². The average molecular weight is 230 g/mol. The Labute approximate surface area is 99.9 Å². The van der Waals surface area contributed by atoms with Gasteiger partial charge in [0.05, 0.1) is 18.5 Å². The second-order valence-electron chi connectivity index (χ2n) is 3.71. The molecule has 0 saturated heterocycles. The van der Waals surface area contributed by atoms with Crippen molar-refractivity contribution in [2.45, 2.75) is 12.7 Å². The fraction of sp³-hybridized carbons (Fsp3) is 0.231. The van der Waals surface area contributed by atoms with Crippen LogP contribution in [0.5, 0.6) is 0 Å². The topological polar surface area (TPSA) is 55.2 Å². The Morgan fingerprint density at radius 2 is 2.00 bits per heavy atom. The van der Waals surface area contributed by atoms with Crippen LogP contribution in [0.4, 0.5) is 0 Å². The summed E-state index contributed by atoms with van der Waals surface area (Å²) in [6, 6.07) is 7.60. The molecule has 1 aromatic heterocycles. The molecule has 1 atom stereocenters. The number of ether oxygens (including phenoxy) is 1. The third-order valence-corrected chi connectivity index (χ3v) is 2.47. The van der Waals surface area contributed by atoms with Crippen molar-refractivity contribution in [2.75, 3.05) is 7.11 Å². The minimum Gasteiger partial charge on any atom is -0.382 e. The lowest BCUT2D eigenvalue weighted by molar-refractivity contribution is 0.184. The molecule has 1 N–H and O–H groups in total. The van der Waals surface area contributed by atoms with Crippen LogP contribution in [0.1, 0.15) is 22.9 Å². The zero-order chi connectivity index (χ0) is 12.1. The summed E-state index contributed by atoms with van der Waals surface area (Å²) in [5.41, 5.74) is 2.42. The van der Waals surface area contributed by atoms with Gasteiger partial charge >= 0.3 is 0 Å². The van der Waals surface area contributed by atoms with Gasteiger partial charge in [-0.3, -0.25) is 9.97 Å². The van der Waals surface area contributed by atoms with Crippen LogP contribution in [-0.4, -0.2) is 22.2 Å². The highest BCUT2D eigenvalue weighted by Gasteiger charge is 2.11. The molecule has 0 aliphatic heterocycles. The summed E-state index contributed by atoms with van der Waals surface area (Å²) < 4.78 is 5.03. The smallest absolute Gasteiger partial charge is 0.123 e. The van der Waals surface area contributed by atoms with Crippen molar-refractivity contribution in [1.29, 1.82) is 0 Å². The first-order chi connectivity index (χ1) is 8.31. The van der Waals surface area contributed by atoms with Gasteiger partial charge in [-0.2, -0.15) is 0 Å². The second kappa shape index (κ2) is 5.52. The molecule has 1 aromatic carbocycles. The van der Waals surface area contributed by atoms with Crippen LogP contribution in [0.3, 0.4) is 0 Å². The Morgan fingerprint density at radius 3 is 2.59 bits per heavy atom. The summed E-state index contributed by atoms with van der Waals surface area (Å²) in [6.07, 6.45) is 3.98. The molecular formula is C13H14N2O2. The molecule has 0 aliphatic rings. The van der Waals surface area contributed by atoms with Crippen molar-refractivity contribution in [2.24, 2.45) is 0 Å². The van der Waals surface area contributed by atoms with Crippen LogP contribution in [0.2, 0.25) is 0 Å². The van der Waals surface area contributed by atoms with E-state index in [2.05, 4.69) is 9.97 Å².